The van der Waals surface area contributed by atoms with Gasteiger partial charge >= 0.3 is 0 Å². The molecule has 0 aromatic heterocycles. The average molecular weight is 340 g/mol. The van der Waals surface area contributed by atoms with E-state index in [9.17, 15) is 9.59 Å². The molecule has 1 aromatic rings. The van der Waals surface area contributed by atoms with Gasteiger partial charge in [-0.2, -0.15) is 0 Å². The number of anilines is 2. The minimum atomic E-state index is -0.199. The number of likely N-dealkylation sites (N-methyl/N-ethyl adjacent to an activating group) is 1. The Balaban J connectivity index is 1.45. The van der Waals surface area contributed by atoms with Gasteiger partial charge in [-0.3, -0.25) is 9.59 Å². The van der Waals surface area contributed by atoms with Gasteiger partial charge in [0, 0.05) is 7.05 Å². The first-order valence-electron chi connectivity index (χ1n) is 9.38. The summed E-state index contributed by atoms with van der Waals surface area (Å²) >= 11 is 0. The number of hydrogen-bond donors (Lipinski definition) is 1. The van der Waals surface area contributed by atoms with Crippen molar-refractivity contribution in [3.63, 3.8) is 0 Å². The Bertz CT molecular complexity index is 722. The largest absolute Gasteiger partial charge is 0.481 e. The molecule has 4 aliphatic carbocycles. The fraction of sp³-hybridized carbons (Fsp3) is 0.600. The van der Waals surface area contributed by atoms with Crippen molar-refractivity contribution >= 4 is 23.2 Å². The maximum Gasteiger partial charge on any atom is 0.264 e. The number of nitrogens with zero attached hydrogens (tertiary/aromatic N) is 1. The smallest absolute Gasteiger partial charge is 0.264 e. The molecule has 5 aliphatic rings. The van der Waals surface area contributed by atoms with E-state index in [2.05, 4.69) is 5.32 Å². The van der Waals surface area contributed by atoms with Crippen molar-refractivity contribution in [3.8, 4) is 5.75 Å². The molecule has 5 nitrogen and oxygen atoms in total. The molecule has 2 amide bonds. The van der Waals surface area contributed by atoms with E-state index in [1.54, 1.807) is 11.9 Å². The van der Waals surface area contributed by atoms with Gasteiger partial charge in [0.15, 0.2) is 6.61 Å². The highest BCUT2D eigenvalue weighted by molar-refractivity contribution is 6.05. The first kappa shape index (κ1) is 15.2. The van der Waals surface area contributed by atoms with Crippen LogP contribution in [0.25, 0.3) is 0 Å². The quantitative estimate of drug-likeness (QED) is 0.899. The number of ether oxygens (including phenoxy) is 1. The summed E-state index contributed by atoms with van der Waals surface area (Å²) in [4.78, 5) is 26.9. The molecule has 132 valence electrons. The second-order valence-electron chi connectivity index (χ2n) is 8.55. The van der Waals surface area contributed by atoms with Crippen LogP contribution in [0.5, 0.6) is 5.75 Å². The lowest BCUT2D eigenvalue weighted by atomic mass is 9.49. The lowest BCUT2D eigenvalue weighted by Gasteiger charge is -2.55. The molecule has 4 bridgehead atoms. The Morgan fingerprint density at radius 1 is 1.16 bits per heavy atom. The topological polar surface area (TPSA) is 58.6 Å². The van der Waals surface area contributed by atoms with Crippen molar-refractivity contribution in [3.05, 3.63) is 18.2 Å². The zero-order chi connectivity index (χ0) is 17.2. The van der Waals surface area contributed by atoms with Crippen molar-refractivity contribution in [2.45, 2.75) is 38.5 Å². The normalized spacial score (nSPS) is 35.3. The SMILES string of the molecule is CN1C(=O)COc2cccc(NC(=O)C34CC5CC(CC(C5)C3)C4)c21. The molecule has 1 aliphatic heterocycles. The standard InChI is InChI=1S/C20H24N2O3/c1-22-17(23)11-25-16-4-2-3-15(18(16)22)21-19(24)20-8-12-5-13(9-20)7-14(6-12)10-20/h2-4,12-14H,5-11H2,1H3,(H,21,24). The lowest BCUT2D eigenvalue weighted by molar-refractivity contribution is -0.140. The Morgan fingerprint density at radius 2 is 1.80 bits per heavy atom. The second kappa shape index (κ2) is 5.23. The van der Waals surface area contributed by atoms with E-state index in [4.69, 9.17) is 4.74 Å². The zero-order valence-electron chi connectivity index (χ0n) is 14.6. The summed E-state index contributed by atoms with van der Waals surface area (Å²) in [6.45, 7) is 0.0515. The number of amides is 2. The molecule has 4 fully saturated rings. The molecule has 1 heterocycles. The summed E-state index contributed by atoms with van der Waals surface area (Å²) in [5, 5.41) is 3.17. The van der Waals surface area contributed by atoms with E-state index in [-0.39, 0.29) is 23.8 Å². The summed E-state index contributed by atoms with van der Waals surface area (Å²) in [7, 11) is 1.74. The second-order valence-corrected chi connectivity index (χ2v) is 8.55. The minimum absolute atomic E-state index is 0.0515. The molecule has 1 N–H and O–H groups in total. The molecule has 0 saturated heterocycles. The number of para-hydroxylation sites is 1. The number of nitrogens with one attached hydrogen (secondary N) is 1. The van der Waals surface area contributed by atoms with E-state index in [1.807, 2.05) is 18.2 Å². The van der Waals surface area contributed by atoms with E-state index < -0.39 is 0 Å². The van der Waals surface area contributed by atoms with Gasteiger partial charge in [0.05, 0.1) is 11.1 Å². The number of carbonyl (C=O) groups is 2. The predicted molar refractivity (Wildman–Crippen MR) is 94.6 cm³/mol. The van der Waals surface area contributed by atoms with Gasteiger partial charge in [-0.15, -0.1) is 0 Å². The fourth-order valence-electron chi connectivity index (χ4n) is 6.09. The first-order valence-corrected chi connectivity index (χ1v) is 9.38. The summed E-state index contributed by atoms with van der Waals surface area (Å²) in [6, 6.07) is 5.59. The molecule has 0 radical (unpaired) electrons. The van der Waals surface area contributed by atoms with E-state index in [1.165, 1.54) is 19.3 Å². The van der Waals surface area contributed by atoms with E-state index in [0.717, 1.165) is 37.0 Å². The molecule has 6 rings (SSSR count). The van der Waals surface area contributed by atoms with Gasteiger partial charge in [-0.05, 0) is 68.4 Å². The zero-order valence-corrected chi connectivity index (χ0v) is 14.6. The third-order valence-electron chi connectivity index (χ3n) is 6.83. The predicted octanol–water partition coefficient (Wildman–Crippen LogP) is 3.20. The Kier molecular flexibility index (Phi) is 3.19. The van der Waals surface area contributed by atoms with Crippen LogP contribution in [-0.2, 0) is 9.59 Å². The van der Waals surface area contributed by atoms with Gasteiger partial charge in [0.25, 0.3) is 5.91 Å². The Morgan fingerprint density at radius 3 is 2.44 bits per heavy atom. The van der Waals surface area contributed by atoms with Crippen molar-refractivity contribution in [1.29, 1.82) is 0 Å². The average Bonchev–Trinajstić information content (AvgIpc) is 2.57. The van der Waals surface area contributed by atoms with E-state index in [0.29, 0.717) is 17.1 Å². The van der Waals surface area contributed by atoms with Crippen LogP contribution >= 0.6 is 0 Å². The summed E-state index contributed by atoms with van der Waals surface area (Å²) in [6.07, 6.45) is 7.05. The van der Waals surface area contributed by atoms with Gasteiger partial charge in [0.2, 0.25) is 5.91 Å². The number of rotatable bonds is 2. The van der Waals surface area contributed by atoms with Crippen molar-refractivity contribution in [2.24, 2.45) is 23.2 Å². The molecular weight excluding hydrogens is 316 g/mol. The maximum atomic E-state index is 13.3. The molecule has 5 heteroatoms. The van der Waals surface area contributed by atoms with Gasteiger partial charge in [-0.25, -0.2) is 0 Å². The van der Waals surface area contributed by atoms with Crippen LogP contribution < -0.4 is 15.0 Å². The summed E-state index contributed by atoms with van der Waals surface area (Å²) in [5.41, 5.74) is 1.17. The molecule has 1 aromatic carbocycles. The molecule has 0 spiro atoms. The molecular formula is C20H24N2O3. The summed E-state index contributed by atoms with van der Waals surface area (Å²) < 4.78 is 5.54. The fourth-order valence-corrected chi connectivity index (χ4v) is 6.09. The van der Waals surface area contributed by atoms with Crippen LogP contribution in [-0.4, -0.2) is 25.5 Å². The maximum absolute atomic E-state index is 13.3. The van der Waals surface area contributed by atoms with Crippen LogP contribution in [0.1, 0.15) is 38.5 Å². The van der Waals surface area contributed by atoms with Gasteiger partial charge in [0.1, 0.15) is 11.4 Å². The summed E-state index contributed by atoms with van der Waals surface area (Å²) in [5.74, 6) is 2.90. The Hall–Kier alpha value is -2.04. The van der Waals surface area contributed by atoms with Crippen LogP contribution in [0.15, 0.2) is 18.2 Å². The monoisotopic (exact) mass is 340 g/mol. The molecule has 0 unspecified atom stereocenters. The highest BCUT2D eigenvalue weighted by Gasteiger charge is 2.54. The van der Waals surface area contributed by atoms with Crippen LogP contribution in [0, 0.1) is 23.2 Å². The number of benzene rings is 1. The highest BCUT2D eigenvalue weighted by atomic mass is 16.5. The molecule has 25 heavy (non-hydrogen) atoms. The van der Waals surface area contributed by atoms with Gasteiger partial charge in [-0.1, -0.05) is 6.07 Å². The molecule has 4 saturated carbocycles. The van der Waals surface area contributed by atoms with Crippen molar-refractivity contribution < 1.29 is 14.3 Å². The van der Waals surface area contributed by atoms with Gasteiger partial charge < -0.3 is 15.0 Å². The lowest BCUT2D eigenvalue weighted by Crippen LogP contribution is -2.51. The van der Waals surface area contributed by atoms with Crippen LogP contribution in [0.3, 0.4) is 0 Å². The highest BCUT2D eigenvalue weighted by Crippen LogP contribution is 2.60. The first-order chi connectivity index (χ1) is 12.0. The number of hydrogen-bond acceptors (Lipinski definition) is 3. The Labute approximate surface area is 147 Å². The number of carbonyl (C=O) groups excluding carboxylic acids is 2. The van der Waals surface area contributed by atoms with Crippen LogP contribution in [0.2, 0.25) is 0 Å². The molecule has 0 atom stereocenters. The number of fused-ring (bicyclic) bond motifs is 1. The van der Waals surface area contributed by atoms with E-state index >= 15 is 0 Å². The van der Waals surface area contributed by atoms with Crippen molar-refractivity contribution in [2.75, 3.05) is 23.9 Å². The van der Waals surface area contributed by atoms with Crippen LogP contribution in [0.4, 0.5) is 11.4 Å². The third-order valence-corrected chi connectivity index (χ3v) is 6.83. The van der Waals surface area contributed by atoms with Crippen molar-refractivity contribution in [1.82, 2.24) is 0 Å². The third kappa shape index (κ3) is 2.28. The minimum Gasteiger partial charge on any atom is -0.481 e.